The Bertz CT molecular complexity index is 776. The molecule has 0 bridgehead atoms. The van der Waals surface area contributed by atoms with Crippen molar-refractivity contribution in [1.82, 2.24) is 4.57 Å². The summed E-state index contributed by atoms with van der Waals surface area (Å²) < 4.78 is 8.22. The van der Waals surface area contributed by atoms with Gasteiger partial charge in [0.2, 0.25) is 0 Å². The quantitative estimate of drug-likeness (QED) is 0.645. The number of fused-ring (bicyclic) bond motifs is 1. The lowest BCUT2D eigenvalue weighted by Crippen LogP contribution is -2.05. The Balaban J connectivity index is 1.92. The zero-order valence-electron chi connectivity index (χ0n) is 12.3. The third-order valence-electron chi connectivity index (χ3n) is 3.74. The minimum absolute atomic E-state index is 0.561. The van der Waals surface area contributed by atoms with Crippen LogP contribution in [0.5, 0.6) is 5.75 Å². The van der Waals surface area contributed by atoms with Crippen molar-refractivity contribution in [3.05, 3.63) is 64.8 Å². The molecule has 0 saturated heterocycles. The summed E-state index contributed by atoms with van der Waals surface area (Å²) >= 11 is 6.11. The third-order valence-corrected chi connectivity index (χ3v) is 3.97. The van der Waals surface area contributed by atoms with Crippen LogP contribution in [0.15, 0.2) is 48.5 Å². The summed E-state index contributed by atoms with van der Waals surface area (Å²) in [6, 6.07) is 16.3. The summed E-state index contributed by atoms with van der Waals surface area (Å²) in [6.45, 7) is 5.66. The number of rotatable bonds is 4. The molecule has 0 aliphatic heterocycles. The molecule has 0 aliphatic carbocycles. The van der Waals surface area contributed by atoms with Gasteiger partial charge in [-0.05, 0) is 43.7 Å². The molecule has 0 radical (unpaired) electrons. The smallest absolute Gasteiger partial charge is 0.128 e. The molecule has 2 nitrogen and oxygen atoms in total. The highest BCUT2D eigenvalue weighted by atomic mass is 35.5. The van der Waals surface area contributed by atoms with Gasteiger partial charge in [0.15, 0.2) is 0 Å². The number of hydrogen-bond acceptors (Lipinski definition) is 1. The molecule has 1 aromatic heterocycles. The lowest BCUT2D eigenvalue weighted by molar-refractivity contribution is 0.294. The minimum atomic E-state index is 0.561. The molecule has 1 heterocycles. The number of benzene rings is 2. The normalized spacial score (nSPS) is 11.0. The molecule has 3 heteroatoms. The molecule has 0 atom stereocenters. The van der Waals surface area contributed by atoms with Crippen LogP contribution in [0, 0.1) is 6.92 Å². The van der Waals surface area contributed by atoms with Gasteiger partial charge in [-0.15, -0.1) is 0 Å². The fourth-order valence-corrected chi connectivity index (χ4v) is 2.81. The molecule has 3 rings (SSSR count). The van der Waals surface area contributed by atoms with E-state index >= 15 is 0 Å². The van der Waals surface area contributed by atoms with Crippen LogP contribution in [0.2, 0.25) is 5.02 Å². The molecule has 3 aromatic rings. The van der Waals surface area contributed by atoms with Crippen molar-refractivity contribution in [2.75, 3.05) is 0 Å². The highest BCUT2D eigenvalue weighted by molar-refractivity contribution is 6.31. The average Bonchev–Trinajstić information content (AvgIpc) is 2.83. The molecular formula is C18H18ClNO. The largest absolute Gasteiger partial charge is 0.487 e. The lowest BCUT2D eigenvalue weighted by atomic mass is 10.2. The molecular weight excluding hydrogens is 282 g/mol. The second-order valence-corrected chi connectivity index (χ2v) is 5.57. The SMILES string of the molecule is CCn1c(COc2ccccc2C)cc2ccc(Cl)cc21. The van der Waals surface area contributed by atoms with Crippen molar-refractivity contribution < 1.29 is 4.74 Å². The number of ether oxygens (including phenoxy) is 1. The van der Waals surface area contributed by atoms with E-state index in [1.54, 1.807) is 0 Å². The predicted molar refractivity (Wildman–Crippen MR) is 88.1 cm³/mol. The lowest BCUT2D eigenvalue weighted by Gasteiger charge is -2.11. The maximum Gasteiger partial charge on any atom is 0.128 e. The van der Waals surface area contributed by atoms with E-state index in [9.17, 15) is 0 Å². The zero-order valence-corrected chi connectivity index (χ0v) is 13.0. The van der Waals surface area contributed by atoms with Crippen LogP contribution >= 0.6 is 11.6 Å². The van der Waals surface area contributed by atoms with Crippen LogP contribution in [0.3, 0.4) is 0 Å². The number of aromatic nitrogens is 1. The number of hydrogen-bond donors (Lipinski definition) is 0. The Morgan fingerprint density at radius 3 is 2.67 bits per heavy atom. The molecule has 0 amide bonds. The van der Waals surface area contributed by atoms with Crippen molar-refractivity contribution in [2.45, 2.75) is 27.0 Å². The summed E-state index contributed by atoms with van der Waals surface area (Å²) in [4.78, 5) is 0. The van der Waals surface area contributed by atoms with E-state index in [0.717, 1.165) is 34.1 Å². The molecule has 0 saturated carbocycles. The Hall–Kier alpha value is -1.93. The van der Waals surface area contributed by atoms with Crippen LogP contribution in [-0.4, -0.2) is 4.57 Å². The van der Waals surface area contributed by atoms with E-state index in [-0.39, 0.29) is 0 Å². The number of aryl methyl sites for hydroxylation is 2. The molecule has 0 unspecified atom stereocenters. The van der Waals surface area contributed by atoms with E-state index < -0.39 is 0 Å². The molecule has 21 heavy (non-hydrogen) atoms. The van der Waals surface area contributed by atoms with Crippen molar-refractivity contribution in [3.63, 3.8) is 0 Å². The topological polar surface area (TPSA) is 14.2 Å². The van der Waals surface area contributed by atoms with E-state index in [2.05, 4.69) is 36.6 Å². The molecule has 0 N–H and O–H groups in total. The molecule has 0 spiro atoms. The van der Waals surface area contributed by atoms with Crippen molar-refractivity contribution in [1.29, 1.82) is 0 Å². The van der Waals surface area contributed by atoms with E-state index in [1.807, 2.05) is 30.3 Å². The summed E-state index contributed by atoms with van der Waals surface area (Å²) in [5.41, 5.74) is 3.48. The van der Waals surface area contributed by atoms with Gasteiger partial charge in [-0.25, -0.2) is 0 Å². The van der Waals surface area contributed by atoms with Gasteiger partial charge >= 0.3 is 0 Å². The van der Waals surface area contributed by atoms with Gasteiger partial charge in [0.25, 0.3) is 0 Å². The summed E-state index contributed by atoms with van der Waals surface area (Å²) in [5.74, 6) is 0.934. The summed E-state index contributed by atoms with van der Waals surface area (Å²) in [7, 11) is 0. The van der Waals surface area contributed by atoms with E-state index in [1.165, 1.54) is 5.39 Å². The average molecular weight is 300 g/mol. The number of nitrogens with zero attached hydrogens (tertiary/aromatic N) is 1. The van der Waals surface area contributed by atoms with E-state index in [4.69, 9.17) is 16.3 Å². The Kier molecular flexibility index (Phi) is 3.89. The van der Waals surface area contributed by atoms with Crippen LogP contribution < -0.4 is 4.74 Å². The van der Waals surface area contributed by atoms with Gasteiger partial charge in [0.1, 0.15) is 12.4 Å². The van der Waals surface area contributed by atoms with Crippen molar-refractivity contribution >= 4 is 22.5 Å². The van der Waals surface area contributed by atoms with Gasteiger partial charge in [-0.2, -0.15) is 0 Å². The molecule has 108 valence electrons. The minimum Gasteiger partial charge on any atom is -0.487 e. The monoisotopic (exact) mass is 299 g/mol. The second-order valence-electron chi connectivity index (χ2n) is 5.14. The van der Waals surface area contributed by atoms with Crippen molar-refractivity contribution in [2.24, 2.45) is 0 Å². The Morgan fingerprint density at radius 1 is 1.10 bits per heavy atom. The molecule has 0 fully saturated rings. The second kappa shape index (κ2) is 5.82. The van der Waals surface area contributed by atoms with Crippen LogP contribution in [0.4, 0.5) is 0 Å². The van der Waals surface area contributed by atoms with Crippen LogP contribution in [0.25, 0.3) is 10.9 Å². The van der Waals surface area contributed by atoms with Gasteiger partial charge in [-0.3, -0.25) is 0 Å². The highest BCUT2D eigenvalue weighted by Crippen LogP contribution is 2.25. The summed E-state index contributed by atoms with van der Waals surface area (Å²) in [6.07, 6.45) is 0. The Labute approximate surface area is 129 Å². The maximum atomic E-state index is 6.11. The standard InChI is InChI=1S/C18H18ClNO/c1-3-20-16(10-14-8-9-15(19)11-17(14)20)12-21-18-7-5-4-6-13(18)2/h4-11H,3,12H2,1-2H3. The Morgan fingerprint density at radius 2 is 1.90 bits per heavy atom. The van der Waals surface area contributed by atoms with Crippen LogP contribution in [-0.2, 0) is 13.2 Å². The third kappa shape index (κ3) is 2.77. The van der Waals surface area contributed by atoms with Gasteiger partial charge < -0.3 is 9.30 Å². The summed E-state index contributed by atoms with van der Waals surface area (Å²) in [5, 5.41) is 1.96. The maximum absolute atomic E-state index is 6.11. The first-order valence-corrected chi connectivity index (χ1v) is 7.53. The first kappa shape index (κ1) is 14.0. The number of para-hydroxylation sites is 1. The van der Waals surface area contributed by atoms with E-state index in [0.29, 0.717) is 6.61 Å². The number of halogens is 1. The zero-order chi connectivity index (χ0) is 14.8. The fraction of sp³-hybridized carbons (Fsp3) is 0.222. The first-order valence-electron chi connectivity index (χ1n) is 7.15. The fourth-order valence-electron chi connectivity index (χ4n) is 2.65. The molecule has 0 aliphatic rings. The van der Waals surface area contributed by atoms with Crippen molar-refractivity contribution in [3.8, 4) is 5.75 Å². The van der Waals surface area contributed by atoms with Gasteiger partial charge in [0, 0.05) is 22.5 Å². The predicted octanol–water partition coefficient (Wildman–Crippen LogP) is 5.20. The highest BCUT2D eigenvalue weighted by Gasteiger charge is 2.09. The molecule has 2 aromatic carbocycles. The van der Waals surface area contributed by atoms with Gasteiger partial charge in [0.05, 0.1) is 5.69 Å². The first-order chi connectivity index (χ1) is 10.2. The van der Waals surface area contributed by atoms with Crippen LogP contribution in [0.1, 0.15) is 18.2 Å². The van der Waals surface area contributed by atoms with Gasteiger partial charge in [-0.1, -0.05) is 35.9 Å².